The maximum atomic E-state index is 12.4. The average Bonchev–Trinajstić information content (AvgIpc) is 2.68. The van der Waals surface area contributed by atoms with Gasteiger partial charge in [0, 0.05) is 21.8 Å². The highest BCUT2D eigenvalue weighted by atomic mass is 35.5. The van der Waals surface area contributed by atoms with Gasteiger partial charge in [0.15, 0.2) is 0 Å². The number of carbonyl (C=O) groups excluding carboxylic acids is 1. The Labute approximate surface area is 167 Å². The van der Waals surface area contributed by atoms with Gasteiger partial charge in [0.1, 0.15) is 18.1 Å². The van der Waals surface area contributed by atoms with Crippen LogP contribution in [0.25, 0.3) is 0 Å². The second-order valence-electron chi connectivity index (χ2n) is 5.71. The highest BCUT2D eigenvalue weighted by Crippen LogP contribution is 2.27. The molecule has 3 rings (SSSR count). The zero-order valence-corrected chi connectivity index (χ0v) is 16.1. The first-order valence-electron chi connectivity index (χ1n) is 8.18. The Bertz CT molecular complexity index is 942. The summed E-state index contributed by atoms with van der Waals surface area (Å²) in [4.78, 5) is 12.4. The van der Waals surface area contributed by atoms with Crippen molar-refractivity contribution in [1.29, 1.82) is 0 Å². The number of benzene rings is 3. The number of rotatable bonds is 6. The van der Waals surface area contributed by atoms with Gasteiger partial charge in [0.05, 0.1) is 12.1 Å². The summed E-state index contributed by atoms with van der Waals surface area (Å²) in [5, 5.41) is 3.89. The highest BCUT2D eigenvalue weighted by molar-refractivity contribution is 6.32. The lowest BCUT2D eigenvalue weighted by molar-refractivity contribution is 0.102. The standard InChI is InChI=1S/C21H17Cl2NO3/c1-26-20-11-8-16(12-19(20)23)24-21(25)14-6-9-17(10-7-14)27-13-15-4-2-3-5-18(15)22/h2-12H,13H2,1H3,(H,24,25). The van der Waals surface area contributed by atoms with E-state index in [0.717, 1.165) is 5.56 Å². The maximum Gasteiger partial charge on any atom is 0.255 e. The fourth-order valence-electron chi connectivity index (χ4n) is 2.43. The van der Waals surface area contributed by atoms with Gasteiger partial charge in [-0.1, -0.05) is 41.4 Å². The van der Waals surface area contributed by atoms with Crippen LogP contribution in [0.1, 0.15) is 15.9 Å². The van der Waals surface area contributed by atoms with Crippen LogP contribution in [0.15, 0.2) is 66.7 Å². The van der Waals surface area contributed by atoms with Crippen molar-refractivity contribution in [3.8, 4) is 11.5 Å². The molecule has 0 unspecified atom stereocenters. The first kappa shape index (κ1) is 19.1. The van der Waals surface area contributed by atoms with Crippen molar-refractivity contribution in [2.75, 3.05) is 12.4 Å². The third-order valence-corrected chi connectivity index (χ3v) is 4.54. The number of halogens is 2. The van der Waals surface area contributed by atoms with Crippen molar-refractivity contribution in [3.63, 3.8) is 0 Å². The lowest BCUT2D eigenvalue weighted by atomic mass is 10.2. The molecule has 0 bridgehead atoms. The van der Waals surface area contributed by atoms with Crippen molar-refractivity contribution in [3.05, 3.63) is 87.9 Å². The molecule has 0 radical (unpaired) electrons. The molecular formula is C21H17Cl2NO3. The molecule has 138 valence electrons. The molecule has 0 aliphatic carbocycles. The highest BCUT2D eigenvalue weighted by Gasteiger charge is 2.09. The number of hydrogen-bond acceptors (Lipinski definition) is 3. The molecule has 6 heteroatoms. The van der Waals surface area contributed by atoms with E-state index < -0.39 is 0 Å². The summed E-state index contributed by atoms with van der Waals surface area (Å²) >= 11 is 12.2. The molecule has 0 fully saturated rings. The van der Waals surface area contributed by atoms with Crippen LogP contribution in [-0.4, -0.2) is 13.0 Å². The Morgan fingerprint density at radius 3 is 2.37 bits per heavy atom. The summed E-state index contributed by atoms with van der Waals surface area (Å²) in [5.74, 6) is 0.961. The zero-order valence-electron chi connectivity index (χ0n) is 14.5. The molecular weight excluding hydrogens is 385 g/mol. The number of nitrogens with one attached hydrogen (secondary N) is 1. The quantitative estimate of drug-likeness (QED) is 0.564. The van der Waals surface area contributed by atoms with E-state index in [0.29, 0.717) is 39.4 Å². The Morgan fingerprint density at radius 1 is 0.963 bits per heavy atom. The van der Waals surface area contributed by atoms with Gasteiger partial charge < -0.3 is 14.8 Å². The first-order chi connectivity index (χ1) is 13.1. The van der Waals surface area contributed by atoms with E-state index >= 15 is 0 Å². The van der Waals surface area contributed by atoms with Gasteiger partial charge in [0.25, 0.3) is 5.91 Å². The second kappa shape index (κ2) is 8.80. The van der Waals surface area contributed by atoms with Gasteiger partial charge in [-0.25, -0.2) is 0 Å². The van der Waals surface area contributed by atoms with Gasteiger partial charge in [-0.15, -0.1) is 0 Å². The van der Waals surface area contributed by atoms with E-state index in [9.17, 15) is 4.79 Å². The zero-order chi connectivity index (χ0) is 19.2. The Morgan fingerprint density at radius 2 is 1.70 bits per heavy atom. The van der Waals surface area contributed by atoms with Gasteiger partial charge in [0.2, 0.25) is 0 Å². The monoisotopic (exact) mass is 401 g/mol. The molecule has 1 N–H and O–H groups in total. The fourth-order valence-corrected chi connectivity index (χ4v) is 2.87. The normalized spacial score (nSPS) is 10.3. The van der Waals surface area contributed by atoms with Crippen LogP contribution in [0.5, 0.6) is 11.5 Å². The van der Waals surface area contributed by atoms with Crippen LogP contribution in [0.2, 0.25) is 10.0 Å². The number of carbonyl (C=O) groups is 1. The molecule has 0 aliphatic heterocycles. The molecule has 3 aromatic rings. The molecule has 27 heavy (non-hydrogen) atoms. The van der Waals surface area contributed by atoms with E-state index in [-0.39, 0.29) is 5.91 Å². The minimum absolute atomic E-state index is 0.242. The topological polar surface area (TPSA) is 47.6 Å². The van der Waals surface area contributed by atoms with Crippen LogP contribution in [0.3, 0.4) is 0 Å². The van der Waals surface area contributed by atoms with Crippen LogP contribution in [0, 0.1) is 0 Å². The van der Waals surface area contributed by atoms with E-state index in [1.54, 1.807) is 42.5 Å². The molecule has 0 aliphatic rings. The molecule has 0 aromatic heterocycles. The minimum atomic E-state index is -0.242. The fraction of sp³-hybridized carbons (Fsp3) is 0.0952. The van der Waals surface area contributed by atoms with Crippen LogP contribution in [-0.2, 0) is 6.61 Å². The molecule has 0 atom stereocenters. The van der Waals surface area contributed by atoms with E-state index in [1.807, 2.05) is 24.3 Å². The summed E-state index contributed by atoms with van der Waals surface area (Å²) in [6, 6.07) is 19.4. The maximum absolute atomic E-state index is 12.4. The number of anilines is 1. The molecule has 4 nitrogen and oxygen atoms in total. The molecule has 0 spiro atoms. The van der Waals surface area contributed by atoms with Crippen molar-refractivity contribution in [1.82, 2.24) is 0 Å². The van der Waals surface area contributed by atoms with Gasteiger partial charge in [-0.3, -0.25) is 4.79 Å². The summed E-state index contributed by atoms with van der Waals surface area (Å²) in [5.41, 5.74) is 1.99. The Kier molecular flexibility index (Phi) is 6.22. The number of amides is 1. The molecule has 3 aromatic carbocycles. The molecule has 0 saturated carbocycles. The minimum Gasteiger partial charge on any atom is -0.495 e. The van der Waals surface area contributed by atoms with Gasteiger partial charge in [-0.2, -0.15) is 0 Å². The third-order valence-electron chi connectivity index (χ3n) is 3.88. The molecule has 0 saturated heterocycles. The van der Waals surface area contributed by atoms with E-state index in [1.165, 1.54) is 7.11 Å². The van der Waals surface area contributed by atoms with Crippen molar-refractivity contribution in [2.45, 2.75) is 6.61 Å². The first-order valence-corrected chi connectivity index (χ1v) is 8.93. The van der Waals surface area contributed by atoms with Crippen LogP contribution < -0.4 is 14.8 Å². The summed E-state index contributed by atoms with van der Waals surface area (Å²) in [7, 11) is 1.54. The number of hydrogen-bond donors (Lipinski definition) is 1. The Hall–Kier alpha value is -2.69. The molecule has 1 amide bonds. The summed E-state index contributed by atoms with van der Waals surface area (Å²) in [6.07, 6.45) is 0. The van der Waals surface area contributed by atoms with Gasteiger partial charge >= 0.3 is 0 Å². The predicted octanol–water partition coefficient (Wildman–Crippen LogP) is 5.83. The smallest absolute Gasteiger partial charge is 0.255 e. The average molecular weight is 402 g/mol. The summed E-state index contributed by atoms with van der Waals surface area (Å²) < 4.78 is 10.8. The van der Waals surface area contributed by atoms with E-state index in [4.69, 9.17) is 32.7 Å². The lowest BCUT2D eigenvalue weighted by Gasteiger charge is -2.10. The largest absolute Gasteiger partial charge is 0.495 e. The van der Waals surface area contributed by atoms with Crippen molar-refractivity contribution < 1.29 is 14.3 Å². The predicted molar refractivity (Wildman–Crippen MR) is 108 cm³/mol. The Balaban J connectivity index is 1.62. The number of methoxy groups -OCH3 is 1. The van der Waals surface area contributed by atoms with E-state index in [2.05, 4.69) is 5.32 Å². The van der Waals surface area contributed by atoms with Crippen LogP contribution >= 0.6 is 23.2 Å². The lowest BCUT2D eigenvalue weighted by Crippen LogP contribution is -2.11. The SMILES string of the molecule is COc1ccc(NC(=O)c2ccc(OCc3ccccc3Cl)cc2)cc1Cl. The second-order valence-corrected chi connectivity index (χ2v) is 6.52. The van der Waals surface area contributed by atoms with Crippen molar-refractivity contribution >= 4 is 34.8 Å². The van der Waals surface area contributed by atoms with Crippen molar-refractivity contribution in [2.24, 2.45) is 0 Å². The summed E-state index contributed by atoms with van der Waals surface area (Å²) in [6.45, 7) is 0.357. The molecule has 0 heterocycles. The number of ether oxygens (including phenoxy) is 2. The third kappa shape index (κ3) is 4.94. The van der Waals surface area contributed by atoms with Crippen LogP contribution in [0.4, 0.5) is 5.69 Å². The van der Waals surface area contributed by atoms with Gasteiger partial charge in [-0.05, 0) is 48.5 Å².